The van der Waals surface area contributed by atoms with Gasteiger partial charge >= 0.3 is 0 Å². The number of benzene rings is 3. The molecule has 0 aromatic heterocycles. The minimum absolute atomic E-state index is 0.0773. The first-order chi connectivity index (χ1) is 27.1. The monoisotopic (exact) mass is 767 g/mol. The predicted octanol–water partition coefficient (Wildman–Crippen LogP) is 9.24. The van der Waals surface area contributed by atoms with Crippen LogP contribution in [-0.4, -0.2) is 66.0 Å². The molecule has 1 saturated heterocycles. The number of fused-ring (bicyclic) bond motifs is 2. The van der Waals surface area contributed by atoms with Gasteiger partial charge in [-0.3, -0.25) is 4.79 Å². The number of hydrogen-bond donors (Lipinski definition) is 2. The minimum Gasteiger partial charge on any atom is -0.460 e. The molecule has 0 amide bonds. The molecule has 2 N–H and O–H groups in total. The van der Waals surface area contributed by atoms with Crippen molar-refractivity contribution >= 4 is 23.8 Å². The van der Waals surface area contributed by atoms with Gasteiger partial charge in [0, 0.05) is 48.0 Å². The van der Waals surface area contributed by atoms with Gasteiger partial charge in [-0.1, -0.05) is 60.5 Å². The number of aldehydes is 1. The van der Waals surface area contributed by atoms with Crippen LogP contribution in [0.25, 0.3) is 0 Å². The van der Waals surface area contributed by atoms with Crippen molar-refractivity contribution in [3.8, 4) is 17.2 Å². The minimum atomic E-state index is -1.09. The summed E-state index contributed by atoms with van der Waals surface area (Å²) in [7, 11) is 0. The van der Waals surface area contributed by atoms with E-state index < -0.39 is 12.1 Å². The number of aliphatic hydroxyl groups is 2. The molecule has 3 aromatic rings. The fourth-order valence-corrected chi connectivity index (χ4v) is 10.2. The summed E-state index contributed by atoms with van der Waals surface area (Å²) in [5.41, 5.74) is 3.51. The maximum Gasteiger partial charge on any atom is 0.231 e. The molecule has 55 heavy (non-hydrogen) atoms. The Balaban J connectivity index is 1.40. The summed E-state index contributed by atoms with van der Waals surface area (Å²) in [6, 6.07) is 23.5. The number of rotatable bonds is 18. The Bertz CT molecular complexity index is 1810. The SMILES string of the molecule is C=CCOC12Oc3ccc(Oc4cccc(C=O)c4)cc3C3C(CCCCO)C(CCCCO)C=C(C(=NOC4CCCCO4)CC1Sc1ccccc1)C32. The van der Waals surface area contributed by atoms with E-state index in [1.165, 1.54) is 0 Å². The maximum atomic E-state index is 11.6. The number of carbonyl (C=O) groups excluding carboxylic acids is 1. The van der Waals surface area contributed by atoms with Crippen LogP contribution in [0.5, 0.6) is 17.2 Å². The summed E-state index contributed by atoms with van der Waals surface area (Å²) in [5.74, 6) is 0.836. The molecule has 292 valence electrons. The van der Waals surface area contributed by atoms with Crippen LogP contribution in [0, 0.1) is 17.8 Å². The van der Waals surface area contributed by atoms with Crippen molar-refractivity contribution in [2.75, 3.05) is 26.4 Å². The highest BCUT2D eigenvalue weighted by Crippen LogP contribution is 2.63. The first-order valence-electron chi connectivity index (χ1n) is 19.9. The normalized spacial score (nSPS) is 27.6. The first kappa shape index (κ1) is 39.3. The average molecular weight is 768 g/mol. The van der Waals surface area contributed by atoms with Crippen molar-refractivity contribution in [3.63, 3.8) is 0 Å². The van der Waals surface area contributed by atoms with E-state index in [-0.39, 0.29) is 42.1 Å². The molecule has 3 aromatic carbocycles. The summed E-state index contributed by atoms with van der Waals surface area (Å²) in [6.45, 7) is 5.27. The highest BCUT2D eigenvalue weighted by Gasteiger charge is 2.64. The Labute approximate surface area is 328 Å². The van der Waals surface area contributed by atoms with E-state index in [0.717, 1.165) is 85.1 Å². The lowest BCUT2D eigenvalue weighted by Crippen LogP contribution is -2.64. The van der Waals surface area contributed by atoms with Crippen LogP contribution in [0.15, 0.2) is 107 Å². The number of thioether (sulfide) groups is 1. The molecule has 9 nitrogen and oxygen atoms in total. The molecular weight excluding hydrogens is 715 g/mol. The van der Waals surface area contributed by atoms with Gasteiger partial charge in [0.2, 0.25) is 12.1 Å². The number of carbonyl (C=O) groups is 1. The first-order valence-corrected chi connectivity index (χ1v) is 20.8. The van der Waals surface area contributed by atoms with Gasteiger partial charge in [0.1, 0.15) is 23.5 Å². The van der Waals surface area contributed by atoms with Crippen LogP contribution in [0.2, 0.25) is 0 Å². The van der Waals surface area contributed by atoms with Gasteiger partial charge in [-0.2, -0.15) is 0 Å². The standard InChI is InChI=1S/C45H53NO8S/c1-2-24-51-45-41(55-35-16-4-3-5-17-35)29-39(46-54-42-19-8-11-25-50-42)37-27-32(14-6-9-22-47)36(18-7-10-23-48)43(44(37)45)38-28-34(20-21-40(38)53-45)52-33-15-12-13-31(26-33)30-49/h2-5,12-13,15-17,20-21,26-28,30,32,36,41-44,47-48H,1,6-11,14,18-19,22-25,29H2. The molecule has 2 aliphatic carbocycles. The van der Waals surface area contributed by atoms with E-state index in [0.29, 0.717) is 43.1 Å². The Kier molecular flexibility index (Phi) is 13.4. The Morgan fingerprint density at radius 1 is 0.945 bits per heavy atom. The number of allylic oxidation sites excluding steroid dienone is 1. The van der Waals surface area contributed by atoms with Crippen molar-refractivity contribution in [2.24, 2.45) is 22.9 Å². The average Bonchev–Trinajstić information content (AvgIpc) is 3.22. The van der Waals surface area contributed by atoms with E-state index >= 15 is 0 Å². The molecule has 7 unspecified atom stereocenters. The van der Waals surface area contributed by atoms with E-state index in [1.807, 2.05) is 42.5 Å². The van der Waals surface area contributed by atoms with Crippen LogP contribution in [-0.2, 0) is 14.3 Å². The Hall–Kier alpha value is -3.93. The third kappa shape index (κ3) is 8.89. The topological polar surface area (TPSA) is 116 Å². The third-order valence-electron chi connectivity index (χ3n) is 11.3. The zero-order valence-corrected chi connectivity index (χ0v) is 32.2. The summed E-state index contributed by atoms with van der Waals surface area (Å²) in [4.78, 5) is 18.9. The molecular formula is C45H53NO8S. The number of unbranched alkanes of at least 4 members (excludes halogenated alkanes) is 2. The second-order valence-corrected chi connectivity index (χ2v) is 16.1. The van der Waals surface area contributed by atoms with Gasteiger partial charge < -0.3 is 34.0 Å². The zero-order chi connectivity index (χ0) is 38.0. The highest BCUT2D eigenvalue weighted by atomic mass is 32.2. The smallest absolute Gasteiger partial charge is 0.231 e. The largest absolute Gasteiger partial charge is 0.460 e. The van der Waals surface area contributed by atoms with Crippen LogP contribution in [0.1, 0.15) is 86.0 Å². The van der Waals surface area contributed by atoms with E-state index in [4.69, 9.17) is 28.9 Å². The number of aliphatic hydroxyl groups excluding tert-OH is 2. The van der Waals surface area contributed by atoms with Gasteiger partial charge in [0.05, 0.1) is 30.1 Å². The Morgan fingerprint density at radius 2 is 1.76 bits per heavy atom. The quantitative estimate of drug-likeness (QED) is 0.0566. The zero-order valence-electron chi connectivity index (χ0n) is 31.4. The molecule has 2 fully saturated rings. The van der Waals surface area contributed by atoms with E-state index in [1.54, 1.807) is 30.0 Å². The molecule has 2 heterocycles. The van der Waals surface area contributed by atoms with Crippen molar-refractivity contribution in [2.45, 2.75) is 92.3 Å². The van der Waals surface area contributed by atoms with Crippen LogP contribution < -0.4 is 9.47 Å². The summed E-state index contributed by atoms with van der Waals surface area (Å²) < 4.78 is 26.7. The summed E-state index contributed by atoms with van der Waals surface area (Å²) in [5, 5.41) is 24.5. The van der Waals surface area contributed by atoms with Crippen molar-refractivity contribution in [1.29, 1.82) is 0 Å². The van der Waals surface area contributed by atoms with Crippen molar-refractivity contribution in [3.05, 3.63) is 108 Å². The molecule has 2 aliphatic heterocycles. The van der Waals surface area contributed by atoms with E-state index in [2.05, 4.69) is 30.9 Å². The molecule has 1 saturated carbocycles. The maximum absolute atomic E-state index is 11.6. The van der Waals surface area contributed by atoms with Gasteiger partial charge in [-0.05, 0) is 98.4 Å². The van der Waals surface area contributed by atoms with Crippen LogP contribution in [0.3, 0.4) is 0 Å². The molecule has 7 atom stereocenters. The number of nitrogens with zero attached hydrogens (tertiary/aromatic N) is 1. The van der Waals surface area contributed by atoms with Gasteiger partial charge in [-0.25, -0.2) is 0 Å². The highest BCUT2D eigenvalue weighted by molar-refractivity contribution is 8.00. The number of oxime groups is 1. The fourth-order valence-electron chi connectivity index (χ4n) is 8.86. The van der Waals surface area contributed by atoms with Gasteiger partial charge in [0.25, 0.3) is 0 Å². The second-order valence-electron chi connectivity index (χ2n) is 14.9. The Morgan fingerprint density at radius 3 is 2.53 bits per heavy atom. The van der Waals surface area contributed by atoms with Crippen LogP contribution >= 0.6 is 11.8 Å². The van der Waals surface area contributed by atoms with Crippen molar-refractivity contribution < 1.29 is 38.8 Å². The molecule has 10 heteroatoms. The second kappa shape index (κ2) is 18.8. The molecule has 7 rings (SSSR count). The summed E-state index contributed by atoms with van der Waals surface area (Å²) in [6.07, 6.45) is 12.9. The van der Waals surface area contributed by atoms with E-state index in [9.17, 15) is 15.0 Å². The lowest BCUT2D eigenvalue weighted by atomic mass is 9.56. The summed E-state index contributed by atoms with van der Waals surface area (Å²) >= 11 is 1.73. The van der Waals surface area contributed by atoms with Gasteiger partial charge in [-0.15, -0.1) is 18.3 Å². The number of ether oxygens (including phenoxy) is 4. The molecule has 0 radical (unpaired) electrons. The fraction of sp³-hybridized carbons (Fsp3) is 0.467. The molecule has 4 aliphatic rings. The van der Waals surface area contributed by atoms with Crippen molar-refractivity contribution in [1.82, 2.24) is 0 Å². The van der Waals surface area contributed by atoms with Gasteiger partial charge in [0.15, 0.2) is 0 Å². The molecule has 0 bridgehead atoms. The van der Waals surface area contributed by atoms with Crippen LogP contribution in [0.4, 0.5) is 0 Å². The molecule has 0 spiro atoms. The third-order valence-corrected chi connectivity index (χ3v) is 12.6. The predicted molar refractivity (Wildman–Crippen MR) is 214 cm³/mol. The lowest BCUT2D eigenvalue weighted by molar-refractivity contribution is -0.223. The number of hydrogen-bond acceptors (Lipinski definition) is 10. The lowest BCUT2D eigenvalue weighted by Gasteiger charge is -2.58.